The van der Waals surface area contributed by atoms with Crippen LogP contribution >= 0.6 is 0 Å². The molecule has 9 aromatic carbocycles. The van der Waals surface area contributed by atoms with Crippen molar-refractivity contribution in [3.63, 3.8) is 0 Å². The molecule has 0 atom stereocenters. The summed E-state index contributed by atoms with van der Waals surface area (Å²) in [4.78, 5) is 23.4. The molecule has 12 aliphatic carbocycles. The van der Waals surface area contributed by atoms with Gasteiger partial charge in [0.2, 0.25) is 0 Å². The van der Waals surface area contributed by atoms with Crippen molar-refractivity contribution < 1.29 is 0 Å². The van der Waals surface area contributed by atoms with Crippen molar-refractivity contribution in [2.24, 2.45) is 0 Å². The van der Waals surface area contributed by atoms with Crippen LogP contribution in [0.3, 0.4) is 0 Å². The molecule has 12 aliphatic rings. The van der Waals surface area contributed by atoms with Crippen molar-refractivity contribution in [2.75, 3.05) is 0 Å². The van der Waals surface area contributed by atoms with Gasteiger partial charge in [0, 0.05) is 66.8 Å². The maximum atomic E-state index is 5.85. The molecule has 0 radical (unpaired) electrons. The van der Waals surface area contributed by atoms with Crippen LogP contribution < -0.4 is 0 Å². The molecule has 0 spiro atoms. The molecular weight excluding hydrogens is 1070 g/mol. The van der Waals surface area contributed by atoms with Gasteiger partial charge < -0.3 is 8.80 Å². The lowest BCUT2D eigenvalue weighted by Crippen LogP contribution is -2.29. The molecule has 0 aliphatic heterocycles. The minimum absolute atomic E-state index is 0.00443. The van der Waals surface area contributed by atoms with E-state index < -0.39 is 0 Å². The molecule has 0 amide bonds. The maximum Gasteiger partial charge on any atom is 0.0729 e. The molecule has 8 aromatic heterocycles. The fourth-order valence-corrected chi connectivity index (χ4v) is 20.9. The highest BCUT2D eigenvalue weighted by molar-refractivity contribution is 6.46. The van der Waals surface area contributed by atoms with Gasteiger partial charge in [-0.25, -0.2) is 0 Å². The fraction of sp³-hybridized carbons (Fsp3) is 0.0976. The Labute approximate surface area is 502 Å². The van der Waals surface area contributed by atoms with Crippen molar-refractivity contribution in [3.05, 3.63) is 353 Å². The van der Waals surface area contributed by atoms with Gasteiger partial charge in [-0.05, 0) is 111 Å². The lowest BCUT2D eigenvalue weighted by molar-refractivity contribution is 0.734. The van der Waals surface area contributed by atoms with Gasteiger partial charge in [-0.15, -0.1) is 0 Å². The Morgan fingerprint density at radius 1 is 0.193 bits per heavy atom. The van der Waals surface area contributed by atoms with E-state index in [0.717, 1.165) is 22.1 Å². The quantitative estimate of drug-likeness (QED) is 0.152. The minimum Gasteiger partial charge on any atom is -0.305 e. The van der Waals surface area contributed by atoms with E-state index in [2.05, 4.69) is 228 Å². The molecule has 17 aromatic rings. The molecule has 0 saturated heterocycles. The van der Waals surface area contributed by atoms with Crippen LogP contribution in [-0.2, 0) is 0 Å². The molecule has 88 heavy (non-hydrogen) atoms. The van der Waals surface area contributed by atoms with Crippen LogP contribution in [0.25, 0.3) is 76.2 Å². The van der Waals surface area contributed by atoms with E-state index >= 15 is 0 Å². The summed E-state index contributed by atoms with van der Waals surface area (Å²) in [6.07, 6.45) is 9.13. The summed E-state index contributed by atoms with van der Waals surface area (Å²) in [7, 11) is 0. The van der Waals surface area contributed by atoms with Crippen molar-refractivity contribution in [3.8, 4) is 0 Å². The first kappa shape index (κ1) is 43.8. The van der Waals surface area contributed by atoms with Gasteiger partial charge in [0.15, 0.2) is 0 Å². The average molecular weight is 1110 g/mol. The number of nitrogens with zero attached hydrogens (tertiary/aromatic N) is 6. The third-order valence-corrected chi connectivity index (χ3v) is 23.6. The summed E-state index contributed by atoms with van der Waals surface area (Å²) in [5.41, 5.74) is 39.4. The van der Waals surface area contributed by atoms with Gasteiger partial charge in [-0.1, -0.05) is 194 Å². The standard InChI is InChI=1S/C82H44N6/c1-9-25-45-37(17-1)57-38-18-2-10-26-46(38)61(45)77-69(57)65-53(33-83-77)87-54-34-84-79-63-49-29-13-5-21-41(49)59(42-22-6-14-30-50(42)63)71(79)67(54)75-76-68-56(36-86-80-64-51-31-15-7-23-43(51)60(72(68)80)44-24-8-16-32-52(44)64)88-55-35-85-78-62-47-27-11-3-19-39(47)58(40-20-4-12-28-48(40)62)70(78)66(55)74(82(76)88)73(65)81(75)87/h1-36,57-64H. The zero-order chi connectivity index (χ0) is 56.0. The van der Waals surface area contributed by atoms with Gasteiger partial charge >= 0.3 is 0 Å². The molecule has 8 bridgehead atoms. The third-order valence-electron chi connectivity index (χ3n) is 23.6. The van der Waals surface area contributed by atoms with Gasteiger partial charge in [-0.3, -0.25) is 19.9 Å². The Balaban J connectivity index is 0.957. The highest BCUT2D eigenvalue weighted by atomic mass is 15.0. The van der Waals surface area contributed by atoms with E-state index in [0.29, 0.717) is 0 Å². The zero-order valence-corrected chi connectivity index (χ0v) is 47.1. The molecule has 6 heteroatoms. The average Bonchev–Trinajstić information content (AvgIpc) is 1.45. The van der Waals surface area contributed by atoms with E-state index in [-0.39, 0.29) is 47.3 Å². The van der Waals surface area contributed by atoms with Crippen LogP contribution in [0.2, 0.25) is 0 Å². The van der Waals surface area contributed by atoms with E-state index in [9.17, 15) is 0 Å². The third kappa shape index (κ3) is 4.44. The smallest absolute Gasteiger partial charge is 0.0729 e. The Hall–Kier alpha value is -10.8. The summed E-state index contributed by atoms with van der Waals surface area (Å²) < 4.78 is 5.36. The monoisotopic (exact) mass is 1110 g/mol. The second kappa shape index (κ2) is 14.4. The molecule has 0 saturated carbocycles. The molecule has 6 nitrogen and oxygen atoms in total. The Bertz CT molecular complexity index is 5330. The molecular formula is C82H44N6. The Morgan fingerprint density at radius 2 is 0.352 bits per heavy atom. The number of benzene rings is 9. The summed E-state index contributed by atoms with van der Waals surface area (Å²) in [5.74, 6) is -0.0451. The lowest BCUT2D eigenvalue weighted by Gasteiger charge is -2.42. The summed E-state index contributed by atoms with van der Waals surface area (Å²) in [5, 5.41) is 10.6. The topological polar surface area (TPSA) is 60.4 Å². The van der Waals surface area contributed by atoms with Crippen LogP contribution in [0, 0.1) is 0 Å². The minimum atomic E-state index is -0.0157. The molecule has 0 N–H and O–H groups in total. The Morgan fingerprint density at radius 3 is 0.523 bits per heavy atom. The first-order valence-corrected chi connectivity index (χ1v) is 31.5. The van der Waals surface area contributed by atoms with E-state index in [4.69, 9.17) is 19.9 Å². The predicted octanol–water partition coefficient (Wildman–Crippen LogP) is 17.5. The molecule has 0 fully saturated rings. The number of hydrogen-bond donors (Lipinski definition) is 0. The van der Waals surface area contributed by atoms with Crippen molar-refractivity contribution in [1.29, 1.82) is 0 Å². The predicted molar refractivity (Wildman–Crippen MR) is 346 cm³/mol. The van der Waals surface area contributed by atoms with Gasteiger partial charge in [0.1, 0.15) is 0 Å². The van der Waals surface area contributed by atoms with Gasteiger partial charge in [0.25, 0.3) is 0 Å². The first-order chi connectivity index (χ1) is 43.8. The normalized spacial score (nSPS) is 21.6. The summed E-state index contributed by atoms with van der Waals surface area (Å²) in [6, 6.07) is 74.2. The SMILES string of the molecule is c1ccc2c(c1)C1c3ccccc3C2c2c1ncc1c2c2c3c4c5c(ncc4n4c6cnc7c(c6c(c6c8c9c(ncc8n1c26)C1c2ccccc2C9c2ccccc21)c34)C1c2ccccc2C7c2ccccc21)C1c2ccccc2C5c2ccccc21. The zero-order valence-electron chi connectivity index (χ0n) is 47.1. The van der Waals surface area contributed by atoms with Crippen LogP contribution in [0.4, 0.5) is 0 Å². The summed E-state index contributed by atoms with van der Waals surface area (Å²) >= 11 is 0. The highest BCUT2D eigenvalue weighted by Crippen LogP contribution is 2.66. The second-order valence-electron chi connectivity index (χ2n) is 26.6. The van der Waals surface area contributed by atoms with Crippen LogP contribution in [0.5, 0.6) is 0 Å². The Kier molecular flexibility index (Phi) is 7.14. The largest absolute Gasteiger partial charge is 0.305 e. The van der Waals surface area contributed by atoms with E-state index in [1.807, 2.05) is 0 Å². The van der Waals surface area contributed by atoms with Crippen molar-refractivity contribution >= 4 is 76.2 Å². The number of hydrogen-bond acceptors (Lipinski definition) is 4. The molecule has 29 rings (SSSR count). The summed E-state index contributed by atoms with van der Waals surface area (Å²) in [6.45, 7) is 0. The van der Waals surface area contributed by atoms with Crippen LogP contribution in [-0.4, -0.2) is 28.7 Å². The van der Waals surface area contributed by atoms with E-state index in [1.165, 1.54) is 188 Å². The number of fused-ring (bicyclic) bond motifs is 14. The number of pyridine rings is 4. The van der Waals surface area contributed by atoms with Crippen LogP contribution in [0.1, 0.15) is 181 Å². The van der Waals surface area contributed by atoms with Crippen molar-refractivity contribution in [1.82, 2.24) is 28.7 Å². The van der Waals surface area contributed by atoms with Crippen LogP contribution in [0.15, 0.2) is 219 Å². The maximum absolute atomic E-state index is 5.85. The molecule has 402 valence electrons. The molecule has 0 unspecified atom stereocenters. The first-order valence-electron chi connectivity index (χ1n) is 31.5. The molecule has 8 heterocycles. The van der Waals surface area contributed by atoms with Crippen molar-refractivity contribution in [2.45, 2.75) is 47.3 Å². The second-order valence-corrected chi connectivity index (χ2v) is 26.6. The number of rotatable bonds is 0. The van der Waals surface area contributed by atoms with Gasteiger partial charge in [0.05, 0.1) is 104 Å². The lowest BCUT2D eigenvalue weighted by atomic mass is 9.61. The van der Waals surface area contributed by atoms with Gasteiger partial charge in [-0.2, -0.15) is 0 Å². The fourth-order valence-electron chi connectivity index (χ4n) is 20.9. The van der Waals surface area contributed by atoms with E-state index in [1.54, 1.807) is 0 Å². The number of aromatic nitrogens is 6. The highest BCUT2D eigenvalue weighted by Gasteiger charge is 2.51.